The average Bonchev–Trinajstić information content (AvgIpc) is 3.08. The van der Waals surface area contributed by atoms with Gasteiger partial charge in [-0.1, -0.05) is 24.3 Å². The molecule has 0 saturated heterocycles. The van der Waals surface area contributed by atoms with Crippen molar-refractivity contribution in [3.05, 3.63) is 74.4 Å². The van der Waals surface area contributed by atoms with E-state index in [2.05, 4.69) is 21.2 Å². The molecule has 2 aromatic rings. The maximum Gasteiger partial charge on any atom is 0.341 e. The molecule has 1 heterocycles. The summed E-state index contributed by atoms with van der Waals surface area (Å²) in [4.78, 5) is 37.6. The van der Waals surface area contributed by atoms with E-state index in [1.807, 2.05) is 12.1 Å². The molecule has 4 rings (SSSR count). The van der Waals surface area contributed by atoms with E-state index < -0.39 is 24.5 Å². The molecular weight excluding hydrogens is 506 g/mol. The van der Waals surface area contributed by atoms with Crippen molar-refractivity contribution in [1.29, 1.82) is 0 Å². The Morgan fingerprint density at radius 3 is 2.53 bits per heavy atom. The van der Waals surface area contributed by atoms with Gasteiger partial charge in [-0.15, -0.1) is 0 Å². The highest BCUT2D eigenvalue weighted by Gasteiger charge is 2.43. The van der Waals surface area contributed by atoms with Crippen molar-refractivity contribution in [2.75, 3.05) is 20.3 Å². The highest BCUT2D eigenvalue weighted by Crippen LogP contribution is 2.49. The van der Waals surface area contributed by atoms with Crippen molar-refractivity contribution in [1.82, 2.24) is 5.32 Å². The van der Waals surface area contributed by atoms with Crippen LogP contribution in [0.15, 0.2) is 57.7 Å². The molecule has 0 aromatic heterocycles. The molecule has 0 unspecified atom stereocenters. The summed E-state index contributed by atoms with van der Waals surface area (Å²) in [5.41, 5.74) is 3.88. The number of allylic oxidation sites excluding steroid dienone is 2. The number of carbonyl (C=O) groups is 3. The Morgan fingerprint density at radius 2 is 1.88 bits per heavy atom. The van der Waals surface area contributed by atoms with Crippen LogP contribution in [0.25, 0.3) is 5.70 Å². The van der Waals surface area contributed by atoms with E-state index in [9.17, 15) is 14.4 Å². The second-order valence-electron chi connectivity index (χ2n) is 7.70. The number of hydrogen-bond acceptors (Lipinski definition) is 7. The lowest BCUT2D eigenvalue weighted by atomic mass is 9.79. The van der Waals surface area contributed by atoms with Crippen LogP contribution in [0.1, 0.15) is 41.3 Å². The van der Waals surface area contributed by atoms with Gasteiger partial charge in [-0.05, 0) is 47.5 Å². The zero-order valence-electron chi connectivity index (χ0n) is 18.7. The first-order chi connectivity index (χ1) is 16.3. The fraction of sp³-hybridized carbons (Fsp3) is 0.240. The van der Waals surface area contributed by atoms with Gasteiger partial charge < -0.3 is 24.6 Å². The summed E-state index contributed by atoms with van der Waals surface area (Å²) < 4.78 is 16.6. The number of hydrogen-bond donors (Lipinski definition) is 2. The van der Waals surface area contributed by atoms with E-state index in [0.717, 1.165) is 5.56 Å². The molecule has 2 N–H and O–H groups in total. The van der Waals surface area contributed by atoms with Crippen molar-refractivity contribution in [3.63, 3.8) is 0 Å². The van der Waals surface area contributed by atoms with Crippen LogP contribution in [-0.4, -0.2) is 43.2 Å². The minimum absolute atomic E-state index is 0.178. The number of carbonyl (C=O) groups excluding carboxylic acids is 2. The number of carboxylic acid groups (broad SMARTS) is 1. The fourth-order valence-electron chi connectivity index (χ4n) is 4.32. The number of Topliss-reactive ketones (excluding diaryl/α,β-unsaturated/α-hetero) is 1. The maximum absolute atomic E-state index is 13.5. The fourth-order valence-corrected chi connectivity index (χ4v) is 4.90. The van der Waals surface area contributed by atoms with Gasteiger partial charge in [0.1, 0.15) is 0 Å². The molecule has 1 aliphatic carbocycles. The largest absolute Gasteiger partial charge is 0.493 e. The van der Waals surface area contributed by atoms with Crippen molar-refractivity contribution in [3.8, 4) is 11.5 Å². The first kappa shape index (κ1) is 23.6. The van der Waals surface area contributed by atoms with Crippen molar-refractivity contribution in [2.45, 2.75) is 19.8 Å². The first-order valence-electron chi connectivity index (χ1n) is 10.5. The Labute approximate surface area is 204 Å². The average molecular weight is 528 g/mol. The SMILES string of the molecule is CCOC(=O)C1=C(C)NC2=C(C(=O)c3ccccc32)[C@H]1c1cc(Br)c(OCC(=O)O)c(OC)c1. The first-order valence-corrected chi connectivity index (χ1v) is 11.3. The lowest BCUT2D eigenvalue weighted by Gasteiger charge is -2.29. The van der Waals surface area contributed by atoms with E-state index in [1.165, 1.54) is 7.11 Å². The molecule has 176 valence electrons. The van der Waals surface area contributed by atoms with Crippen LogP contribution in [0.3, 0.4) is 0 Å². The number of carboxylic acids is 1. The van der Waals surface area contributed by atoms with E-state index in [1.54, 1.807) is 38.1 Å². The van der Waals surface area contributed by atoms with E-state index in [-0.39, 0.29) is 23.9 Å². The predicted octanol–water partition coefficient (Wildman–Crippen LogP) is 4.05. The Kier molecular flexibility index (Phi) is 6.47. The van der Waals surface area contributed by atoms with Gasteiger partial charge in [0.25, 0.3) is 0 Å². The molecule has 34 heavy (non-hydrogen) atoms. The van der Waals surface area contributed by atoms with Crippen LogP contribution < -0.4 is 14.8 Å². The van der Waals surface area contributed by atoms with Crippen LogP contribution in [0, 0.1) is 0 Å². The number of dihydropyridines is 1. The van der Waals surface area contributed by atoms with Crippen molar-refractivity contribution >= 4 is 39.3 Å². The number of fused-ring (bicyclic) bond motifs is 2. The van der Waals surface area contributed by atoms with Gasteiger partial charge in [0.2, 0.25) is 0 Å². The standard InChI is InChI=1S/C25H22BrNO7/c1-4-33-25(31)19-12(2)27-22-14-7-5-6-8-15(14)23(30)21(22)20(19)13-9-16(26)24(17(10-13)32-3)34-11-18(28)29/h5-10,20,27H,4,11H2,1-3H3,(H,28,29)/t20-/m0/s1. The highest BCUT2D eigenvalue weighted by molar-refractivity contribution is 9.10. The number of halogens is 1. The minimum Gasteiger partial charge on any atom is -0.493 e. The Morgan fingerprint density at radius 1 is 1.18 bits per heavy atom. The highest BCUT2D eigenvalue weighted by atomic mass is 79.9. The summed E-state index contributed by atoms with van der Waals surface area (Å²) in [6, 6.07) is 10.6. The van der Waals surface area contributed by atoms with Crippen LogP contribution in [0.5, 0.6) is 11.5 Å². The van der Waals surface area contributed by atoms with Gasteiger partial charge in [-0.25, -0.2) is 9.59 Å². The number of esters is 1. The Bertz CT molecular complexity index is 1280. The van der Waals surface area contributed by atoms with Crippen molar-refractivity contribution < 1.29 is 33.7 Å². The molecule has 8 nitrogen and oxygen atoms in total. The van der Waals surface area contributed by atoms with Crippen molar-refractivity contribution in [2.24, 2.45) is 0 Å². The molecule has 2 aliphatic rings. The van der Waals surface area contributed by atoms with E-state index >= 15 is 0 Å². The summed E-state index contributed by atoms with van der Waals surface area (Å²) in [6.07, 6.45) is 0. The molecular formula is C25H22BrNO7. The van der Waals surface area contributed by atoms with Gasteiger partial charge in [0.05, 0.1) is 29.5 Å². The molecule has 2 aromatic carbocycles. The van der Waals surface area contributed by atoms with Crippen LogP contribution >= 0.6 is 15.9 Å². The molecule has 0 saturated carbocycles. The molecule has 1 atom stereocenters. The van der Waals surface area contributed by atoms with Gasteiger partial charge in [0, 0.05) is 28.3 Å². The second-order valence-corrected chi connectivity index (χ2v) is 8.55. The molecule has 0 bridgehead atoms. The summed E-state index contributed by atoms with van der Waals surface area (Å²) >= 11 is 3.43. The molecule has 1 aliphatic heterocycles. The zero-order chi connectivity index (χ0) is 24.6. The third-order valence-electron chi connectivity index (χ3n) is 5.67. The number of benzene rings is 2. The number of ketones is 1. The van der Waals surface area contributed by atoms with Gasteiger partial charge >= 0.3 is 11.9 Å². The molecule has 0 radical (unpaired) electrons. The van der Waals surface area contributed by atoms with Crippen LogP contribution in [0.4, 0.5) is 0 Å². The summed E-state index contributed by atoms with van der Waals surface area (Å²) in [5.74, 6) is -2.13. The minimum atomic E-state index is -1.14. The van der Waals surface area contributed by atoms with E-state index in [4.69, 9.17) is 19.3 Å². The summed E-state index contributed by atoms with van der Waals surface area (Å²) in [6.45, 7) is 3.11. The summed E-state index contributed by atoms with van der Waals surface area (Å²) in [5, 5.41) is 12.2. The third kappa shape index (κ3) is 3.96. The van der Waals surface area contributed by atoms with Crippen LogP contribution in [-0.2, 0) is 14.3 Å². The second kappa shape index (κ2) is 9.34. The number of methoxy groups -OCH3 is 1. The third-order valence-corrected chi connectivity index (χ3v) is 6.26. The normalized spacial score (nSPS) is 16.6. The molecule has 9 heteroatoms. The number of ether oxygens (including phenoxy) is 3. The zero-order valence-corrected chi connectivity index (χ0v) is 20.3. The molecule has 0 fully saturated rings. The van der Waals surface area contributed by atoms with E-state index in [0.29, 0.717) is 38.1 Å². The van der Waals surface area contributed by atoms with Gasteiger partial charge in [-0.3, -0.25) is 4.79 Å². The topological polar surface area (TPSA) is 111 Å². The quantitative estimate of drug-likeness (QED) is 0.518. The number of aliphatic carboxylic acids is 1. The van der Waals surface area contributed by atoms with Crippen LogP contribution in [0.2, 0.25) is 0 Å². The molecule has 0 spiro atoms. The lowest BCUT2D eigenvalue weighted by molar-refractivity contribution is -0.140. The summed E-state index contributed by atoms with van der Waals surface area (Å²) in [7, 11) is 1.43. The maximum atomic E-state index is 13.5. The Balaban J connectivity index is 1.91. The smallest absolute Gasteiger partial charge is 0.341 e. The number of nitrogens with one attached hydrogen (secondary N) is 1. The van der Waals surface area contributed by atoms with Gasteiger partial charge in [-0.2, -0.15) is 0 Å². The molecule has 0 amide bonds. The predicted molar refractivity (Wildman–Crippen MR) is 127 cm³/mol. The number of rotatable bonds is 7. The Hall–Kier alpha value is -3.59. The lowest BCUT2D eigenvalue weighted by Crippen LogP contribution is -2.29. The van der Waals surface area contributed by atoms with Gasteiger partial charge in [0.15, 0.2) is 23.9 Å². The monoisotopic (exact) mass is 527 g/mol.